The number of esters is 1. The molecule has 0 amide bonds. The molecule has 3 heterocycles. The van der Waals surface area contributed by atoms with Crippen LogP contribution in [0.4, 0.5) is 4.39 Å². The number of fused-ring (bicyclic) bond motifs is 1. The van der Waals surface area contributed by atoms with Gasteiger partial charge in [0.2, 0.25) is 0 Å². The Hall–Kier alpha value is -2.55. The van der Waals surface area contributed by atoms with Crippen LogP contribution >= 0.6 is 0 Å². The molecule has 2 aliphatic heterocycles. The minimum atomic E-state index is -0.716. The molecule has 8 heteroatoms. The van der Waals surface area contributed by atoms with Crippen LogP contribution < -0.4 is 4.74 Å². The third-order valence-electron chi connectivity index (χ3n) is 9.09. The molecule has 0 bridgehead atoms. The Bertz CT molecular complexity index is 1270. The van der Waals surface area contributed by atoms with Gasteiger partial charge in [0.25, 0.3) is 0 Å². The lowest BCUT2D eigenvalue weighted by Crippen LogP contribution is -2.38. The van der Waals surface area contributed by atoms with Crippen LogP contribution in [0.2, 0.25) is 0 Å². The number of hydrogen-bond donors (Lipinski definition) is 0. The molecule has 0 radical (unpaired) electrons. The Labute approximate surface area is 262 Å². The van der Waals surface area contributed by atoms with Crippen molar-refractivity contribution in [2.75, 3.05) is 33.4 Å². The second-order valence-electron chi connectivity index (χ2n) is 13.9. The largest absolute Gasteiger partial charge is 0.496 e. The second kappa shape index (κ2) is 14.7. The summed E-state index contributed by atoms with van der Waals surface area (Å²) in [5.41, 5.74) is 4.45. The van der Waals surface area contributed by atoms with Crippen molar-refractivity contribution in [1.82, 2.24) is 9.88 Å². The number of unbranched alkanes of at least 4 members (excludes halogenated alkanes) is 1. The summed E-state index contributed by atoms with van der Waals surface area (Å²) in [6, 6.07) is 6.15. The second-order valence-corrected chi connectivity index (χ2v) is 13.9. The van der Waals surface area contributed by atoms with Gasteiger partial charge in [-0.1, -0.05) is 13.0 Å². The third-order valence-corrected chi connectivity index (χ3v) is 9.09. The first kappa shape index (κ1) is 32.8. The maximum absolute atomic E-state index is 14.7. The molecule has 5 rings (SSSR count). The molecule has 44 heavy (non-hydrogen) atoms. The van der Waals surface area contributed by atoms with E-state index in [1.807, 2.05) is 20.8 Å². The average molecular weight is 611 g/mol. The molecule has 4 atom stereocenters. The first-order chi connectivity index (χ1) is 21.1. The quantitative estimate of drug-likeness (QED) is 0.199. The number of methoxy groups -OCH3 is 1. The van der Waals surface area contributed by atoms with Crippen molar-refractivity contribution in [1.29, 1.82) is 0 Å². The van der Waals surface area contributed by atoms with Gasteiger partial charge >= 0.3 is 5.97 Å². The predicted molar refractivity (Wildman–Crippen MR) is 168 cm³/mol. The maximum Gasteiger partial charge on any atom is 0.328 e. The molecule has 2 fully saturated rings. The number of hydrogen-bond acceptors (Lipinski definition) is 7. The first-order valence-corrected chi connectivity index (χ1v) is 16.7. The number of aryl methyl sites for hydroxylation is 1. The molecule has 1 aliphatic carbocycles. The number of benzene rings is 1. The van der Waals surface area contributed by atoms with Crippen molar-refractivity contribution < 1.29 is 28.1 Å². The molecule has 3 aliphatic rings. The van der Waals surface area contributed by atoms with Crippen molar-refractivity contribution in [2.45, 2.75) is 116 Å². The van der Waals surface area contributed by atoms with Gasteiger partial charge in [0.15, 0.2) is 0 Å². The van der Waals surface area contributed by atoms with Gasteiger partial charge in [-0.2, -0.15) is 0 Å². The zero-order valence-corrected chi connectivity index (χ0v) is 27.3. The molecule has 2 aromatic rings. The van der Waals surface area contributed by atoms with Gasteiger partial charge < -0.3 is 18.9 Å². The standard InChI is InChI=1S/C36H51FN2O5/c1-24-12-14-29-31(20-24)38-26(22-33(29)41-5)10-6-8-18-42-27-16-17-39(23-27)34(35(40)44-36(2,3)4)30-21-25(37)13-15-28(30)32-11-7-9-19-43-32/h13,15,21-22,24,27,32,34H,6-12,14,16-20,23H2,1-5H3/t24?,27-,32+,34?/m1/s1. The van der Waals surface area contributed by atoms with Gasteiger partial charge in [-0.15, -0.1) is 0 Å². The molecule has 242 valence electrons. The highest BCUT2D eigenvalue weighted by atomic mass is 19.1. The van der Waals surface area contributed by atoms with E-state index < -0.39 is 11.6 Å². The Morgan fingerprint density at radius 1 is 1.16 bits per heavy atom. The van der Waals surface area contributed by atoms with E-state index in [0.29, 0.717) is 37.8 Å². The first-order valence-electron chi connectivity index (χ1n) is 16.7. The van der Waals surface area contributed by atoms with E-state index in [9.17, 15) is 9.18 Å². The molecule has 0 spiro atoms. The van der Waals surface area contributed by atoms with Crippen molar-refractivity contribution in [2.24, 2.45) is 5.92 Å². The van der Waals surface area contributed by atoms with Crippen LogP contribution in [-0.4, -0.2) is 61.0 Å². The maximum atomic E-state index is 14.7. The number of rotatable bonds is 11. The third kappa shape index (κ3) is 8.38. The fourth-order valence-corrected chi connectivity index (χ4v) is 6.90. The molecular formula is C36H51FN2O5. The lowest BCUT2D eigenvalue weighted by atomic mass is 9.87. The summed E-state index contributed by atoms with van der Waals surface area (Å²) >= 11 is 0. The number of ether oxygens (including phenoxy) is 4. The average Bonchev–Trinajstić information content (AvgIpc) is 3.44. The van der Waals surface area contributed by atoms with Crippen LogP contribution in [0.1, 0.15) is 113 Å². The van der Waals surface area contributed by atoms with Crippen LogP contribution in [0.5, 0.6) is 5.75 Å². The van der Waals surface area contributed by atoms with E-state index in [0.717, 1.165) is 74.8 Å². The number of aromatic nitrogens is 1. The highest BCUT2D eigenvalue weighted by Crippen LogP contribution is 2.38. The van der Waals surface area contributed by atoms with Crippen LogP contribution in [-0.2, 0) is 38.3 Å². The number of likely N-dealkylation sites (tertiary alicyclic amines) is 1. The summed E-state index contributed by atoms with van der Waals surface area (Å²) in [6.07, 6.45) is 9.66. The Kier molecular flexibility index (Phi) is 11.0. The number of carbonyl (C=O) groups is 1. The van der Waals surface area contributed by atoms with Gasteiger partial charge in [-0.25, -0.2) is 9.18 Å². The van der Waals surface area contributed by atoms with Crippen LogP contribution in [0, 0.1) is 11.7 Å². The van der Waals surface area contributed by atoms with Gasteiger partial charge in [0.05, 0.1) is 19.3 Å². The van der Waals surface area contributed by atoms with Crippen LogP contribution in [0.15, 0.2) is 24.3 Å². The van der Waals surface area contributed by atoms with E-state index in [-0.39, 0.29) is 24.0 Å². The summed E-state index contributed by atoms with van der Waals surface area (Å²) in [5.74, 6) is 0.927. The predicted octanol–water partition coefficient (Wildman–Crippen LogP) is 7.09. The topological polar surface area (TPSA) is 70.1 Å². The summed E-state index contributed by atoms with van der Waals surface area (Å²) in [6.45, 7) is 10.5. The molecule has 7 nitrogen and oxygen atoms in total. The molecule has 0 saturated carbocycles. The van der Waals surface area contributed by atoms with Crippen LogP contribution in [0.3, 0.4) is 0 Å². The summed E-state index contributed by atoms with van der Waals surface area (Å²) in [4.78, 5) is 20.8. The van der Waals surface area contributed by atoms with E-state index in [1.54, 1.807) is 13.2 Å². The van der Waals surface area contributed by atoms with Gasteiger partial charge in [0, 0.05) is 49.3 Å². The van der Waals surface area contributed by atoms with Crippen molar-refractivity contribution >= 4 is 5.97 Å². The van der Waals surface area contributed by atoms with E-state index in [4.69, 9.17) is 23.9 Å². The Morgan fingerprint density at radius 3 is 2.75 bits per heavy atom. The summed E-state index contributed by atoms with van der Waals surface area (Å²) in [5, 5.41) is 0. The van der Waals surface area contributed by atoms with Crippen molar-refractivity contribution in [3.8, 4) is 5.75 Å². The molecule has 1 aromatic heterocycles. The monoisotopic (exact) mass is 610 g/mol. The van der Waals surface area contributed by atoms with E-state index >= 15 is 0 Å². The molecule has 1 aromatic carbocycles. The number of pyridine rings is 1. The normalized spacial score (nSPS) is 23.3. The van der Waals surface area contributed by atoms with Crippen molar-refractivity contribution in [3.63, 3.8) is 0 Å². The van der Waals surface area contributed by atoms with Crippen LogP contribution in [0.25, 0.3) is 0 Å². The highest BCUT2D eigenvalue weighted by Gasteiger charge is 2.39. The van der Waals surface area contributed by atoms with Gasteiger partial charge in [0.1, 0.15) is 23.2 Å². The molecule has 2 unspecified atom stereocenters. The minimum Gasteiger partial charge on any atom is -0.496 e. The number of halogens is 1. The highest BCUT2D eigenvalue weighted by molar-refractivity contribution is 5.79. The molecular weight excluding hydrogens is 559 g/mol. The Morgan fingerprint density at radius 2 is 2.00 bits per heavy atom. The van der Waals surface area contributed by atoms with Gasteiger partial charge in [-0.3, -0.25) is 9.88 Å². The Balaban J connectivity index is 1.20. The van der Waals surface area contributed by atoms with Gasteiger partial charge in [-0.05, 0) is 114 Å². The fraction of sp³-hybridized carbons (Fsp3) is 0.667. The van der Waals surface area contributed by atoms with E-state index in [2.05, 4.69) is 17.9 Å². The zero-order valence-electron chi connectivity index (χ0n) is 27.3. The SMILES string of the molecule is COc1cc(CCCCO[C@@H]2CCN(C(C(=O)OC(C)(C)C)c3cc(F)ccc3[C@@H]3CCCCO3)C2)nc2c1CCC(C)C2. The molecule has 0 N–H and O–H groups in total. The number of carbonyl (C=O) groups excluding carboxylic acids is 1. The number of nitrogens with zero attached hydrogens (tertiary/aromatic N) is 2. The smallest absolute Gasteiger partial charge is 0.328 e. The van der Waals surface area contributed by atoms with E-state index in [1.165, 1.54) is 29.8 Å². The fourth-order valence-electron chi connectivity index (χ4n) is 6.90. The zero-order chi connectivity index (χ0) is 31.3. The minimum absolute atomic E-state index is 0.00586. The van der Waals surface area contributed by atoms with Crippen molar-refractivity contribution in [3.05, 3.63) is 58.2 Å². The molecule has 2 saturated heterocycles. The summed E-state index contributed by atoms with van der Waals surface area (Å²) < 4.78 is 38.7. The summed E-state index contributed by atoms with van der Waals surface area (Å²) in [7, 11) is 1.75. The lowest BCUT2D eigenvalue weighted by Gasteiger charge is -2.33. The lowest BCUT2D eigenvalue weighted by molar-refractivity contribution is -0.161.